The van der Waals surface area contributed by atoms with Crippen molar-refractivity contribution in [2.75, 3.05) is 0 Å². The topological polar surface area (TPSA) is 78.9 Å². The minimum atomic E-state index is -0.639. The van der Waals surface area contributed by atoms with E-state index in [0.717, 1.165) is 5.56 Å². The average molecular weight is 404 g/mol. The summed E-state index contributed by atoms with van der Waals surface area (Å²) >= 11 is 0. The Hall–Kier alpha value is -3.80. The van der Waals surface area contributed by atoms with Gasteiger partial charge in [-0.2, -0.15) is 0 Å². The van der Waals surface area contributed by atoms with Crippen molar-refractivity contribution in [2.45, 2.75) is 26.2 Å². The van der Waals surface area contributed by atoms with Crippen molar-refractivity contribution in [3.63, 3.8) is 0 Å². The van der Waals surface area contributed by atoms with Gasteiger partial charge in [-0.15, -0.1) is 0 Å². The summed E-state index contributed by atoms with van der Waals surface area (Å²) < 4.78 is 21.5. The van der Waals surface area contributed by atoms with E-state index in [1.54, 1.807) is 6.07 Å². The van der Waals surface area contributed by atoms with Gasteiger partial charge in [-0.25, -0.2) is 4.79 Å². The fourth-order valence-electron chi connectivity index (χ4n) is 2.93. The van der Waals surface area contributed by atoms with Gasteiger partial charge in [0, 0.05) is 6.07 Å². The fraction of sp³-hybridized carbons (Fsp3) is 0.167. The number of carbonyl (C=O) groups is 1. The lowest BCUT2D eigenvalue weighted by Crippen LogP contribution is -2.10. The zero-order valence-corrected chi connectivity index (χ0v) is 16.8. The molecule has 2 heterocycles. The number of hydrogen-bond donors (Lipinski definition) is 0. The lowest BCUT2D eigenvalue weighted by molar-refractivity contribution is 0.0701. The predicted octanol–water partition coefficient (Wildman–Crippen LogP) is 5.70. The summed E-state index contributed by atoms with van der Waals surface area (Å²) in [6.07, 6.45) is 2.63. The number of fused-ring (bicyclic) bond motifs is 1. The molecular weight excluding hydrogens is 384 g/mol. The number of rotatable bonds is 4. The molecule has 0 spiro atoms. The van der Waals surface area contributed by atoms with Gasteiger partial charge < -0.3 is 18.3 Å². The monoisotopic (exact) mass is 404 g/mol. The van der Waals surface area contributed by atoms with Gasteiger partial charge in [-0.3, -0.25) is 4.79 Å². The number of benzene rings is 2. The van der Waals surface area contributed by atoms with Gasteiger partial charge >= 0.3 is 5.97 Å². The van der Waals surface area contributed by atoms with Crippen molar-refractivity contribution in [1.29, 1.82) is 0 Å². The van der Waals surface area contributed by atoms with Crippen LogP contribution in [-0.2, 0) is 5.41 Å². The average Bonchev–Trinajstić information content (AvgIpc) is 3.25. The number of hydrogen-bond acceptors (Lipinski definition) is 6. The Labute approximate surface area is 172 Å². The zero-order chi connectivity index (χ0) is 21.3. The third-order valence-electron chi connectivity index (χ3n) is 4.60. The van der Waals surface area contributed by atoms with Gasteiger partial charge in [-0.05, 0) is 47.4 Å². The molecule has 4 aromatic rings. The van der Waals surface area contributed by atoms with Crippen LogP contribution in [0.5, 0.6) is 17.2 Å². The minimum Gasteiger partial charge on any atom is -0.460 e. The van der Waals surface area contributed by atoms with E-state index < -0.39 is 5.97 Å². The Morgan fingerprint density at radius 3 is 2.33 bits per heavy atom. The summed E-state index contributed by atoms with van der Waals surface area (Å²) in [4.78, 5) is 24.8. The molecule has 152 valence electrons. The van der Waals surface area contributed by atoms with E-state index in [1.165, 1.54) is 36.8 Å². The van der Waals surface area contributed by atoms with E-state index >= 15 is 0 Å². The van der Waals surface area contributed by atoms with Crippen LogP contribution in [0.4, 0.5) is 0 Å². The lowest BCUT2D eigenvalue weighted by Gasteiger charge is -2.19. The fourth-order valence-corrected chi connectivity index (χ4v) is 2.93. The van der Waals surface area contributed by atoms with Crippen molar-refractivity contribution in [1.82, 2.24) is 0 Å². The normalized spacial score (nSPS) is 11.4. The first-order chi connectivity index (χ1) is 14.3. The van der Waals surface area contributed by atoms with Crippen LogP contribution in [0.2, 0.25) is 0 Å². The molecule has 0 amide bonds. The largest absolute Gasteiger partial charge is 0.460 e. The second-order valence-corrected chi connectivity index (χ2v) is 7.83. The number of furan rings is 1. The van der Waals surface area contributed by atoms with E-state index in [2.05, 4.69) is 20.8 Å². The van der Waals surface area contributed by atoms with Gasteiger partial charge in [-0.1, -0.05) is 32.9 Å². The Morgan fingerprint density at radius 1 is 0.933 bits per heavy atom. The van der Waals surface area contributed by atoms with Crippen LogP contribution in [0, 0.1) is 0 Å². The highest BCUT2D eigenvalue weighted by Crippen LogP contribution is 2.27. The highest BCUT2D eigenvalue weighted by molar-refractivity contribution is 5.89. The van der Waals surface area contributed by atoms with Crippen LogP contribution >= 0.6 is 0 Å². The molecule has 2 aromatic carbocycles. The molecule has 6 heteroatoms. The van der Waals surface area contributed by atoms with E-state index in [1.807, 2.05) is 24.3 Å². The molecule has 0 unspecified atom stereocenters. The van der Waals surface area contributed by atoms with E-state index in [4.69, 9.17) is 18.3 Å². The van der Waals surface area contributed by atoms with Gasteiger partial charge in [0.2, 0.25) is 16.9 Å². The molecule has 0 atom stereocenters. The molecule has 0 saturated heterocycles. The Kier molecular flexibility index (Phi) is 4.91. The molecule has 0 bridgehead atoms. The summed E-state index contributed by atoms with van der Waals surface area (Å²) in [5.41, 5.74) is 1.15. The summed E-state index contributed by atoms with van der Waals surface area (Å²) in [5, 5.41) is 0.316. The third kappa shape index (κ3) is 3.98. The first-order valence-electron chi connectivity index (χ1n) is 9.41. The highest BCUT2D eigenvalue weighted by Gasteiger charge is 2.16. The standard InChI is InChI=1S/C24H20O6/c1-24(2,3)15-6-8-16(9-7-15)29-21-14-28-20-13-17(10-11-18(20)22(21)25)30-23(26)19-5-4-12-27-19/h4-14H,1-3H3. The predicted molar refractivity (Wildman–Crippen MR) is 111 cm³/mol. The molecule has 4 rings (SSSR count). The maximum absolute atomic E-state index is 12.8. The number of carbonyl (C=O) groups excluding carboxylic acids is 1. The molecule has 6 nitrogen and oxygen atoms in total. The van der Waals surface area contributed by atoms with E-state index in [0.29, 0.717) is 11.1 Å². The third-order valence-corrected chi connectivity index (χ3v) is 4.60. The Morgan fingerprint density at radius 2 is 1.67 bits per heavy atom. The van der Waals surface area contributed by atoms with Crippen LogP contribution < -0.4 is 14.9 Å². The maximum Gasteiger partial charge on any atom is 0.379 e. The van der Waals surface area contributed by atoms with Gasteiger partial charge in [0.05, 0.1) is 11.6 Å². The van der Waals surface area contributed by atoms with Gasteiger partial charge in [0.25, 0.3) is 0 Å². The lowest BCUT2D eigenvalue weighted by atomic mass is 9.87. The molecular formula is C24H20O6. The molecule has 0 radical (unpaired) electrons. The van der Waals surface area contributed by atoms with Gasteiger partial charge in [0.1, 0.15) is 23.3 Å². The second kappa shape index (κ2) is 7.55. The quantitative estimate of drug-likeness (QED) is 0.321. The highest BCUT2D eigenvalue weighted by atomic mass is 16.5. The molecule has 0 aliphatic carbocycles. The second-order valence-electron chi connectivity index (χ2n) is 7.83. The first-order valence-corrected chi connectivity index (χ1v) is 9.41. The summed E-state index contributed by atoms with van der Waals surface area (Å²) in [6, 6.07) is 15.2. The maximum atomic E-state index is 12.8. The van der Waals surface area contributed by atoms with Crippen molar-refractivity contribution >= 4 is 16.9 Å². The molecule has 0 aliphatic rings. The van der Waals surface area contributed by atoms with Gasteiger partial charge in [0.15, 0.2) is 0 Å². The van der Waals surface area contributed by atoms with Crippen LogP contribution in [-0.4, -0.2) is 5.97 Å². The molecule has 2 aromatic heterocycles. The van der Waals surface area contributed by atoms with E-state index in [9.17, 15) is 9.59 Å². The number of esters is 1. The minimum absolute atomic E-state index is 0.0264. The zero-order valence-electron chi connectivity index (χ0n) is 16.8. The summed E-state index contributed by atoms with van der Waals surface area (Å²) in [5.74, 6) is 0.293. The van der Waals surface area contributed by atoms with Crippen LogP contribution in [0.25, 0.3) is 11.0 Å². The Bertz CT molecular complexity index is 1240. The first kappa shape index (κ1) is 19.5. The van der Waals surface area contributed by atoms with Crippen molar-refractivity contribution in [2.24, 2.45) is 0 Å². The van der Waals surface area contributed by atoms with Crippen LogP contribution in [0.3, 0.4) is 0 Å². The molecule has 0 fully saturated rings. The summed E-state index contributed by atoms with van der Waals surface area (Å²) in [6.45, 7) is 6.38. The van der Waals surface area contributed by atoms with Crippen molar-refractivity contribution in [3.05, 3.63) is 88.7 Å². The molecule has 30 heavy (non-hydrogen) atoms. The molecule has 0 N–H and O–H groups in total. The van der Waals surface area contributed by atoms with Crippen LogP contribution in [0.15, 0.2) is 80.8 Å². The smallest absolute Gasteiger partial charge is 0.379 e. The Balaban J connectivity index is 1.57. The SMILES string of the molecule is CC(C)(C)c1ccc(Oc2coc3cc(OC(=O)c4ccco4)ccc3c2=O)cc1. The van der Waals surface area contributed by atoms with Crippen molar-refractivity contribution < 1.29 is 23.1 Å². The van der Waals surface area contributed by atoms with Crippen LogP contribution in [0.1, 0.15) is 36.9 Å². The van der Waals surface area contributed by atoms with Crippen molar-refractivity contribution in [3.8, 4) is 17.2 Å². The number of ether oxygens (including phenoxy) is 2. The van der Waals surface area contributed by atoms with E-state index in [-0.39, 0.29) is 33.7 Å². The summed E-state index contributed by atoms with van der Waals surface area (Å²) in [7, 11) is 0. The molecule has 0 aliphatic heterocycles. The molecule has 0 saturated carbocycles.